The Morgan fingerprint density at radius 1 is 1.33 bits per heavy atom. The molecule has 0 aromatic carbocycles. The molecule has 0 amide bonds. The van der Waals surface area contributed by atoms with E-state index in [-0.39, 0.29) is 10.5 Å². The molecule has 9 heavy (non-hydrogen) atoms. The topological polar surface area (TPSA) is 0 Å². The smallest absolute Gasteiger partial charge is 0.0322 e. The van der Waals surface area contributed by atoms with Crippen molar-refractivity contribution in [3.63, 3.8) is 0 Å². The van der Waals surface area contributed by atoms with Crippen LogP contribution in [0.15, 0.2) is 12.2 Å². The zero-order valence-corrected chi connectivity index (χ0v) is 7.37. The van der Waals surface area contributed by atoms with Gasteiger partial charge in [-0.15, -0.1) is 0 Å². The van der Waals surface area contributed by atoms with E-state index in [1.165, 1.54) is 0 Å². The molecule has 0 saturated carbocycles. The molecule has 0 heterocycles. The molecule has 0 aliphatic heterocycles. The van der Waals surface area contributed by atoms with Gasteiger partial charge >= 0.3 is 0 Å². The fourth-order valence-corrected chi connectivity index (χ4v) is 1.78. The number of allylic oxidation sites excluding steroid dienone is 1. The fraction of sp³-hybridized carbons (Fsp3) is 0.500. The Morgan fingerprint density at radius 3 is 2.22 bits per heavy atom. The van der Waals surface area contributed by atoms with E-state index in [0.717, 1.165) is 0 Å². The van der Waals surface area contributed by atoms with E-state index in [4.69, 9.17) is 12.2 Å². The molecular formula is C6H8S3. The minimum Gasteiger partial charge on any atom is -0.173 e. The summed E-state index contributed by atoms with van der Waals surface area (Å²) in [4.78, 5) is 0. The van der Waals surface area contributed by atoms with Gasteiger partial charge in [0.2, 0.25) is 0 Å². The van der Waals surface area contributed by atoms with Gasteiger partial charge in [-0.3, -0.25) is 0 Å². The van der Waals surface area contributed by atoms with Crippen molar-refractivity contribution in [3.05, 3.63) is 12.2 Å². The molecule has 0 aromatic rings. The zero-order chi connectivity index (χ0) is 6.85. The molecule has 3 atom stereocenters. The first-order chi connectivity index (χ1) is 4.25. The molecule has 0 bridgehead atoms. The Labute approximate surface area is 71.5 Å². The van der Waals surface area contributed by atoms with Gasteiger partial charge in [0, 0.05) is 16.4 Å². The molecule has 3 heteroatoms. The summed E-state index contributed by atoms with van der Waals surface area (Å²) in [5, 5.41) is 2.30. The Balaban J connectivity index is 2.61. The van der Waals surface area contributed by atoms with E-state index < -0.39 is 0 Å². The van der Waals surface area contributed by atoms with Gasteiger partial charge in [0.25, 0.3) is 0 Å². The highest BCUT2D eigenvalue weighted by Crippen LogP contribution is 2.25. The van der Waals surface area contributed by atoms with Crippen LogP contribution in [0.5, 0.6) is 0 Å². The molecule has 1 aliphatic carbocycles. The van der Waals surface area contributed by atoms with Gasteiger partial charge in [-0.05, 0) is 5.37 Å². The maximum absolute atomic E-state index is 4.78. The van der Waals surface area contributed by atoms with Crippen LogP contribution in [0.1, 0.15) is 0 Å². The number of thiocarbonyl (C=S) groups is 1. The molecule has 50 valence electrons. The van der Waals surface area contributed by atoms with Crippen molar-refractivity contribution < 1.29 is 0 Å². The van der Waals surface area contributed by atoms with Gasteiger partial charge in [0.15, 0.2) is 0 Å². The molecule has 1 rings (SSSR count). The van der Waals surface area contributed by atoms with Crippen molar-refractivity contribution in [2.45, 2.75) is 10.5 Å². The third kappa shape index (κ3) is 1.51. The molecule has 1 aliphatic rings. The second-order valence-electron chi connectivity index (χ2n) is 2.08. The zero-order valence-electron chi connectivity index (χ0n) is 4.77. The summed E-state index contributed by atoms with van der Waals surface area (Å²) in [5.74, 6) is 0.339. The van der Waals surface area contributed by atoms with Crippen molar-refractivity contribution in [3.8, 4) is 0 Å². The van der Waals surface area contributed by atoms with E-state index in [2.05, 4.69) is 31.3 Å². The normalized spacial score (nSPS) is 41.3. The summed E-state index contributed by atoms with van der Waals surface area (Å²) in [6, 6.07) is 0. The van der Waals surface area contributed by atoms with Gasteiger partial charge in [0.05, 0.1) is 0 Å². The lowest BCUT2D eigenvalue weighted by Gasteiger charge is -2.11. The molecule has 0 spiro atoms. The standard InChI is InChI=1S/C6H8S3/c7-3-4-1-2-5(8)6(4)9/h1-6,8-9H. The quantitative estimate of drug-likeness (QED) is 0.349. The minimum absolute atomic E-state index is 0.275. The van der Waals surface area contributed by atoms with Crippen molar-refractivity contribution in [1.29, 1.82) is 0 Å². The lowest BCUT2D eigenvalue weighted by atomic mass is 10.1. The highest BCUT2D eigenvalue weighted by atomic mass is 32.1. The van der Waals surface area contributed by atoms with Gasteiger partial charge in [-0.25, -0.2) is 0 Å². The van der Waals surface area contributed by atoms with Crippen LogP contribution in [0.4, 0.5) is 0 Å². The van der Waals surface area contributed by atoms with Crippen LogP contribution in [0.25, 0.3) is 0 Å². The molecule has 0 aromatic heterocycles. The largest absolute Gasteiger partial charge is 0.173 e. The van der Waals surface area contributed by atoms with E-state index in [9.17, 15) is 0 Å². The molecule has 0 saturated heterocycles. The van der Waals surface area contributed by atoms with Gasteiger partial charge in [-0.2, -0.15) is 25.3 Å². The highest BCUT2D eigenvalue weighted by Gasteiger charge is 2.23. The first-order valence-electron chi connectivity index (χ1n) is 2.75. The van der Waals surface area contributed by atoms with Crippen LogP contribution in [0.3, 0.4) is 0 Å². The van der Waals surface area contributed by atoms with Gasteiger partial charge < -0.3 is 0 Å². The first-order valence-corrected chi connectivity index (χ1v) is 4.26. The summed E-state index contributed by atoms with van der Waals surface area (Å²) < 4.78 is 0. The predicted octanol–water partition coefficient (Wildman–Crippen LogP) is 1.77. The van der Waals surface area contributed by atoms with Crippen LogP contribution in [0.2, 0.25) is 0 Å². The molecular weight excluding hydrogens is 168 g/mol. The molecule has 3 unspecified atom stereocenters. The molecule has 0 fully saturated rings. The van der Waals surface area contributed by atoms with Crippen LogP contribution < -0.4 is 0 Å². The van der Waals surface area contributed by atoms with Gasteiger partial charge in [-0.1, -0.05) is 24.4 Å². The van der Waals surface area contributed by atoms with E-state index in [1.54, 1.807) is 5.37 Å². The fourth-order valence-electron chi connectivity index (χ4n) is 0.823. The summed E-state index contributed by atoms with van der Waals surface area (Å²) >= 11 is 13.4. The van der Waals surface area contributed by atoms with Crippen molar-refractivity contribution in [1.82, 2.24) is 0 Å². The monoisotopic (exact) mass is 176 g/mol. The maximum atomic E-state index is 4.78. The number of rotatable bonds is 1. The number of hydrogen-bond donors (Lipinski definition) is 2. The Hall–Kier alpha value is 0.530. The SMILES string of the molecule is S=CC1C=CC(S)C1S. The maximum Gasteiger partial charge on any atom is 0.0322 e. The number of hydrogen-bond acceptors (Lipinski definition) is 3. The van der Waals surface area contributed by atoms with E-state index >= 15 is 0 Å². The Bertz CT molecular complexity index is 141. The van der Waals surface area contributed by atoms with Crippen LogP contribution in [-0.4, -0.2) is 15.9 Å². The minimum atomic E-state index is 0.275. The predicted molar refractivity (Wildman–Crippen MR) is 51.8 cm³/mol. The average Bonchev–Trinajstić information content (AvgIpc) is 2.15. The summed E-state index contributed by atoms with van der Waals surface area (Å²) in [7, 11) is 0. The van der Waals surface area contributed by atoms with Crippen molar-refractivity contribution >= 4 is 42.8 Å². The molecule has 0 radical (unpaired) electrons. The second kappa shape index (κ2) is 3.08. The van der Waals surface area contributed by atoms with Crippen LogP contribution in [-0.2, 0) is 0 Å². The molecule has 0 N–H and O–H groups in total. The van der Waals surface area contributed by atoms with E-state index in [0.29, 0.717) is 5.92 Å². The lowest BCUT2D eigenvalue weighted by molar-refractivity contribution is 0.876. The van der Waals surface area contributed by atoms with Gasteiger partial charge in [0.1, 0.15) is 0 Å². The average molecular weight is 176 g/mol. The first kappa shape index (κ1) is 7.63. The summed E-state index contributed by atoms with van der Waals surface area (Å²) in [5.41, 5.74) is 0. The molecule has 0 nitrogen and oxygen atoms in total. The Kier molecular flexibility index (Phi) is 2.61. The summed E-state index contributed by atoms with van der Waals surface area (Å²) in [6.45, 7) is 0. The summed E-state index contributed by atoms with van der Waals surface area (Å²) in [6.07, 6.45) is 4.09. The van der Waals surface area contributed by atoms with Crippen molar-refractivity contribution in [2.24, 2.45) is 5.92 Å². The van der Waals surface area contributed by atoms with Crippen LogP contribution >= 0.6 is 37.5 Å². The highest BCUT2D eigenvalue weighted by molar-refractivity contribution is 7.85. The lowest BCUT2D eigenvalue weighted by Crippen LogP contribution is -2.16. The Morgan fingerprint density at radius 2 is 2.00 bits per heavy atom. The number of thiol groups is 2. The second-order valence-corrected chi connectivity index (χ2v) is 3.54. The van der Waals surface area contributed by atoms with E-state index in [1.807, 2.05) is 6.08 Å². The third-order valence-corrected chi connectivity index (χ3v) is 3.14. The third-order valence-electron chi connectivity index (χ3n) is 1.43. The van der Waals surface area contributed by atoms with Crippen molar-refractivity contribution in [2.75, 3.05) is 0 Å². The van der Waals surface area contributed by atoms with Crippen LogP contribution in [0, 0.1) is 5.92 Å².